The van der Waals surface area contributed by atoms with Crippen molar-refractivity contribution in [1.29, 1.82) is 0 Å². The molecule has 4 nitrogen and oxygen atoms in total. The molecule has 2 fully saturated rings. The van der Waals surface area contributed by atoms with Gasteiger partial charge in [-0.2, -0.15) is 4.98 Å². The summed E-state index contributed by atoms with van der Waals surface area (Å²) in [4.78, 5) is 14.0. The highest BCUT2D eigenvalue weighted by molar-refractivity contribution is 6.29. The minimum absolute atomic E-state index is 0.573. The summed E-state index contributed by atoms with van der Waals surface area (Å²) in [6.45, 7) is 4.29. The van der Waals surface area contributed by atoms with Gasteiger partial charge in [0, 0.05) is 32.2 Å². The zero-order valence-electron chi connectivity index (χ0n) is 12.7. The van der Waals surface area contributed by atoms with Gasteiger partial charge in [0.15, 0.2) is 0 Å². The van der Waals surface area contributed by atoms with Crippen LogP contribution in [0.4, 0.5) is 11.8 Å². The van der Waals surface area contributed by atoms with Crippen molar-refractivity contribution >= 4 is 23.4 Å². The summed E-state index contributed by atoms with van der Waals surface area (Å²) in [7, 11) is 0. The molecule has 0 unspecified atom stereocenters. The van der Waals surface area contributed by atoms with E-state index in [1.807, 2.05) is 6.07 Å². The molecule has 0 atom stereocenters. The van der Waals surface area contributed by atoms with Gasteiger partial charge in [0.05, 0.1) is 0 Å². The number of halogens is 1. The van der Waals surface area contributed by atoms with Crippen LogP contribution in [0.5, 0.6) is 0 Å². The van der Waals surface area contributed by atoms with Crippen molar-refractivity contribution in [1.82, 2.24) is 9.97 Å². The lowest BCUT2D eigenvalue weighted by molar-refractivity contribution is 0.726. The molecule has 0 aromatic carbocycles. The van der Waals surface area contributed by atoms with E-state index >= 15 is 0 Å². The Labute approximate surface area is 132 Å². The van der Waals surface area contributed by atoms with Crippen LogP contribution in [0.3, 0.4) is 0 Å². The van der Waals surface area contributed by atoms with E-state index in [4.69, 9.17) is 16.6 Å². The Morgan fingerprint density at radius 1 is 0.714 bits per heavy atom. The van der Waals surface area contributed by atoms with Crippen LogP contribution in [0, 0.1) is 0 Å². The van der Waals surface area contributed by atoms with E-state index in [0.717, 1.165) is 37.9 Å². The molecule has 0 aliphatic carbocycles. The molecule has 3 heterocycles. The van der Waals surface area contributed by atoms with E-state index in [2.05, 4.69) is 14.8 Å². The second kappa shape index (κ2) is 7.30. The van der Waals surface area contributed by atoms with Crippen molar-refractivity contribution in [3.63, 3.8) is 0 Å². The molecular weight excluding hydrogens is 284 g/mol. The van der Waals surface area contributed by atoms with Crippen LogP contribution in [0.1, 0.15) is 51.4 Å². The SMILES string of the molecule is Clc1cc(N2CCCCCC2)nc(N2CCCCCC2)n1. The van der Waals surface area contributed by atoms with Crippen molar-refractivity contribution in [2.45, 2.75) is 51.4 Å². The minimum Gasteiger partial charge on any atom is -0.356 e. The molecule has 0 spiro atoms. The maximum Gasteiger partial charge on any atom is 0.228 e. The maximum absolute atomic E-state index is 6.27. The first-order valence-electron chi connectivity index (χ1n) is 8.37. The topological polar surface area (TPSA) is 32.3 Å². The molecule has 0 amide bonds. The zero-order valence-corrected chi connectivity index (χ0v) is 13.5. The number of hydrogen-bond donors (Lipinski definition) is 0. The van der Waals surface area contributed by atoms with Crippen LogP contribution in [0.15, 0.2) is 6.07 Å². The molecule has 1 aromatic heterocycles. The first kappa shape index (κ1) is 14.9. The van der Waals surface area contributed by atoms with Crippen LogP contribution in [0.25, 0.3) is 0 Å². The maximum atomic E-state index is 6.27. The first-order valence-corrected chi connectivity index (χ1v) is 8.75. The fraction of sp³-hybridized carbons (Fsp3) is 0.750. The molecule has 116 valence electrons. The molecule has 5 heteroatoms. The Morgan fingerprint density at radius 3 is 1.81 bits per heavy atom. The zero-order chi connectivity index (χ0) is 14.5. The third-order valence-electron chi connectivity index (χ3n) is 4.49. The van der Waals surface area contributed by atoms with Crippen molar-refractivity contribution in [3.8, 4) is 0 Å². The molecule has 2 aliphatic rings. The first-order chi connectivity index (χ1) is 10.3. The monoisotopic (exact) mass is 308 g/mol. The van der Waals surface area contributed by atoms with E-state index in [1.165, 1.54) is 51.4 Å². The van der Waals surface area contributed by atoms with E-state index in [0.29, 0.717) is 5.15 Å². The molecule has 2 saturated heterocycles. The smallest absolute Gasteiger partial charge is 0.228 e. The van der Waals surface area contributed by atoms with Gasteiger partial charge < -0.3 is 9.80 Å². The van der Waals surface area contributed by atoms with Gasteiger partial charge in [-0.3, -0.25) is 0 Å². The Kier molecular flexibility index (Phi) is 5.17. The summed E-state index contributed by atoms with van der Waals surface area (Å²) in [5, 5.41) is 0.573. The average molecular weight is 309 g/mol. The van der Waals surface area contributed by atoms with Gasteiger partial charge in [-0.15, -0.1) is 0 Å². The van der Waals surface area contributed by atoms with Crippen molar-refractivity contribution in [2.75, 3.05) is 36.0 Å². The molecular formula is C16H25ClN4. The molecule has 0 bridgehead atoms. The summed E-state index contributed by atoms with van der Waals surface area (Å²) < 4.78 is 0. The quantitative estimate of drug-likeness (QED) is 0.776. The van der Waals surface area contributed by atoms with Crippen molar-refractivity contribution in [2.24, 2.45) is 0 Å². The molecule has 0 radical (unpaired) electrons. The lowest BCUT2D eigenvalue weighted by Crippen LogP contribution is -2.29. The van der Waals surface area contributed by atoms with Crippen LogP contribution in [-0.2, 0) is 0 Å². The second-order valence-electron chi connectivity index (χ2n) is 6.15. The number of anilines is 2. The number of hydrogen-bond acceptors (Lipinski definition) is 4. The summed E-state index contributed by atoms with van der Waals surface area (Å²) in [6.07, 6.45) is 10.2. The van der Waals surface area contributed by atoms with Gasteiger partial charge in [-0.1, -0.05) is 37.3 Å². The van der Waals surface area contributed by atoms with Gasteiger partial charge >= 0.3 is 0 Å². The van der Waals surface area contributed by atoms with Gasteiger partial charge in [-0.25, -0.2) is 4.98 Å². The minimum atomic E-state index is 0.573. The molecule has 3 rings (SSSR count). The van der Waals surface area contributed by atoms with Gasteiger partial charge in [0.2, 0.25) is 5.95 Å². The predicted octanol–water partition coefficient (Wildman–Crippen LogP) is 3.89. The summed E-state index contributed by atoms with van der Waals surface area (Å²) >= 11 is 6.27. The number of nitrogens with zero attached hydrogens (tertiary/aromatic N) is 4. The van der Waals surface area contributed by atoms with Crippen LogP contribution in [0.2, 0.25) is 5.15 Å². The fourth-order valence-electron chi connectivity index (χ4n) is 3.27. The standard InChI is InChI=1S/C16H25ClN4/c17-14-13-15(20-9-5-1-2-6-10-20)19-16(18-14)21-11-7-3-4-8-12-21/h13H,1-12H2. The molecule has 1 aromatic rings. The van der Waals surface area contributed by atoms with E-state index in [1.54, 1.807) is 0 Å². The second-order valence-corrected chi connectivity index (χ2v) is 6.54. The molecule has 2 aliphatic heterocycles. The molecule has 0 N–H and O–H groups in total. The van der Waals surface area contributed by atoms with Crippen molar-refractivity contribution < 1.29 is 0 Å². The third kappa shape index (κ3) is 4.00. The van der Waals surface area contributed by atoms with Gasteiger partial charge in [0.1, 0.15) is 11.0 Å². The highest BCUT2D eigenvalue weighted by Gasteiger charge is 2.17. The van der Waals surface area contributed by atoms with Crippen LogP contribution >= 0.6 is 11.6 Å². The predicted molar refractivity (Wildman–Crippen MR) is 88.4 cm³/mol. The Morgan fingerprint density at radius 2 is 1.24 bits per heavy atom. The van der Waals surface area contributed by atoms with Gasteiger partial charge in [-0.05, 0) is 25.7 Å². The highest BCUT2D eigenvalue weighted by Crippen LogP contribution is 2.24. The van der Waals surface area contributed by atoms with Crippen LogP contribution < -0.4 is 9.80 Å². The van der Waals surface area contributed by atoms with E-state index < -0.39 is 0 Å². The number of aromatic nitrogens is 2. The Balaban J connectivity index is 1.80. The largest absolute Gasteiger partial charge is 0.356 e. The third-order valence-corrected chi connectivity index (χ3v) is 4.68. The Hall–Kier alpha value is -1.03. The fourth-order valence-corrected chi connectivity index (χ4v) is 3.44. The summed E-state index contributed by atoms with van der Waals surface area (Å²) in [5.41, 5.74) is 0. The highest BCUT2D eigenvalue weighted by atomic mass is 35.5. The van der Waals surface area contributed by atoms with Crippen molar-refractivity contribution in [3.05, 3.63) is 11.2 Å². The van der Waals surface area contributed by atoms with E-state index in [-0.39, 0.29) is 0 Å². The summed E-state index contributed by atoms with van der Waals surface area (Å²) in [5.74, 6) is 1.83. The normalized spacial score (nSPS) is 21.0. The number of rotatable bonds is 2. The summed E-state index contributed by atoms with van der Waals surface area (Å²) in [6, 6.07) is 1.92. The average Bonchev–Trinajstić information content (AvgIpc) is 2.92. The molecule has 0 saturated carbocycles. The lowest BCUT2D eigenvalue weighted by Gasteiger charge is -2.25. The van der Waals surface area contributed by atoms with E-state index in [9.17, 15) is 0 Å². The van der Waals surface area contributed by atoms with Crippen LogP contribution in [-0.4, -0.2) is 36.1 Å². The molecule has 21 heavy (non-hydrogen) atoms. The van der Waals surface area contributed by atoms with Gasteiger partial charge in [0.25, 0.3) is 0 Å². The lowest BCUT2D eigenvalue weighted by atomic mass is 10.2. The Bertz CT molecular complexity index is 411.